The zero-order valence-corrected chi connectivity index (χ0v) is 22.5. The maximum absolute atomic E-state index is 13.6. The summed E-state index contributed by atoms with van der Waals surface area (Å²) in [6.07, 6.45) is 13.8. The summed E-state index contributed by atoms with van der Waals surface area (Å²) >= 11 is 0. The number of imidazole rings is 1. The molecule has 0 aliphatic rings. The lowest BCUT2D eigenvalue weighted by Crippen LogP contribution is -2.39. The SMILES string of the molecule is CCCCCCCN(CC)C(C)CCN(CCc1ccccc1)C(=O)c1ccc(-n2ccnc2)cc1. The second kappa shape index (κ2) is 15.2. The molecule has 0 saturated carbocycles. The topological polar surface area (TPSA) is 41.4 Å². The number of hydrogen-bond donors (Lipinski definition) is 0. The largest absolute Gasteiger partial charge is 0.338 e. The van der Waals surface area contributed by atoms with Gasteiger partial charge in [-0.2, -0.15) is 0 Å². The van der Waals surface area contributed by atoms with Crippen LogP contribution in [-0.4, -0.2) is 57.5 Å². The van der Waals surface area contributed by atoms with Gasteiger partial charge in [-0.1, -0.05) is 69.9 Å². The quantitative estimate of drug-likeness (QED) is 0.213. The Morgan fingerprint density at radius 2 is 1.67 bits per heavy atom. The van der Waals surface area contributed by atoms with Gasteiger partial charge >= 0.3 is 0 Å². The van der Waals surface area contributed by atoms with Crippen molar-refractivity contribution >= 4 is 5.91 Å². The third kappa shape index (κ3) is 8.63. The van der Waals surface area contributed by atoms with E-state index in [1.807, 2.05) is 46.0 Å². The molecule has 3 aromatic rings. The summed E-state index contributed by atoms with van der Waals surface area (Å²) in [5.74, 6) is 0.109. The molecule has 1 unspecified atom stereocenters. The lowest BCUT2D eigenvalue weighted by molar-refractivity contribution is 0.0737. The summed E-state index contributed by atoms with van der Waals surface area (Å²) in [4.78, 5) is 22.3. The fourth-order valence-electron chi connectivity index (χ4n) is 4.73. The van der Waals surface area contributed by atoms with E-state index in [1.165, 1.54) is 37.7 Å². The summed E-state index contributed by atoms with van der Waals surface area (Å²) in [5, 5.41) is 0. The first-order valence-corrected chi connectivity index (χ1v) is 13.8. The average molecular weight is 489 g/mol. The Balaban J connectivity index is 1.62. The van der Waals surface area contributed by atoms with Gasteiger partial charge in [-0.3, -0.25) is 4.79 Å². The highest BCUT2D eigenvalue weighted by atomic mass is 16.2. The summed E-state index contributed by atoms with van der Waals surface area (Å²) < 4.78 is 1.95. The summed E-state index contributed by atoms with van der Waals surface area (Å²) in [6, 6.07) is 18.8. The molecule has 194 valence electrons. The van der Waals surface area contributed by atoms with Crippen LogP contribution in [0.15, 0.2) is 73.3 Å². The van der Waals surface area contributed by atoms with Crippen molar-refractivity contribution in [2.45, 2.75) is 71.8 Å². The molecule has 2 aromatic carbocycles. The van der Waals surface area contributed by atoms with Crippen molar-refractivity contribution in [1.29, 1.82) is 0 Å². The number of amides is 1. The number of aromatic nitrogens is 2. The molecule has 1 aromatic heterocycles. The highest BCUT2D eigenvalue weighted by Crippen LogP contribution is 2.15. The van der Waals surface area contributed by atoms with Crippen molar-refractivity contribution in [2.24, 2.45) is 0 Å². The molecule has 0 aliphatic carbocycles. The first kappa shape index (κ1) is 27.7. The second-order valence-electron chi connectivity index (χ2n) is 9.73. The Labute approximate surface area is 218 Å². The molecule has 36 heavy (non-hydrogen) atoms. The molecule has 0 bridgehead atoms. The average Bonchev–Trinajstić information content (AvgIpc) is 3.46. The first-order valence-electron chi connectivity index (χ1n) is 13.8. The standard InChI is InChI=1S/C31H44N4O/c1-4-6-7-8-12-22-33(5-2)27(3)19-23-34(24-20-28-13-10-9-11-14-28)31(36)29-15-17-30(18-16-29)35-25-21-32-26-35/h9-11,13-18,21,25-27H,4-8,12,19-20,22-24H2,1-3H3. The molecular weight excluding hydrogens is 444 g/mol. The third-order valence-corrected chi connectivity index (χ3v) is 7.11. The molecule has 5 nitrogen and oxygen atoms in total. The van der Waals surface area contributed by atoms with Gasteiger partial charge in [0, 0.05) is 42.8 Å². The Morgan fingerprint density at radius 1 is 0.917 bits per heavy atom. The van der Waals surface area contributed by atoms with Crippen LogP contribution in [0.4, 0.5) is 0 Å². The predicted octanol–water partition coefficient (Wildman–Crippen LogP) is 6.63. The Bertz CT molecular complexity index is 985. The highest BCUT2D eigenvalue weighted by Gasteiger charge is 2.19. The van der Waals surface area contributed by atoms with Crippen molar-refractivity contribution in [3.8, 4) is 5.69 Å². The zero-order valence-electron chi connectivity index (χ0n) is 22.5. The number of carbonyl (C=O) groups is 1. The van der Waals surface area contributed by atoms with Gasteiger partial charge in [0.2, 0.25) is 0 Å². The fraction of sp³-hybridized carbons (Fsp3) is 0.484. The number of hydrogen-bond acceptors (Lipinski definition) is 3. The van der Waals surface area contributed by atoms with Crippen molar-refractivity contribution in [1.82, 2.24) is 19.4 Å². The molecule has 5 heteroatoms. The summed E-state index contributed by atoms with van der Waals surface area (Å²) in [7, 11) is 0. The minimum atomic E-state index is 0.109. The van der Waals surface area contributed by atoms with Crippen LogP contribution in [0.3, 0.4) is 0 Å². The molecular formula is C31H44N4O. The van der Waals surface area contributed by atoms with E-state index in [1.54, 1.807) is 12.5 Å². The van der Waals surface area contributed by atoms with E-state index in [2.05, 4.69) is 54.9 Å². The van der Waals surface area contributed by atoms with Gasteiger partial charge in [0.25, 0.3) is 5.91 Å². The van der Waals surface area contributed by atoms with Gasteiger partial charge in [-0.25, -0.2) is 4.98 Å². The summed E-state index contributed by atoms with van der Waals surface area (Å²) in [6.45, 7) is 10.5. The minimum Gasteiger partial charge on any atom is -0.338 e. The van der Waals surface area contributed by atoms with Crippen molar-refractivity contribution < 1.29 is 4.79 Å². The first-order chi connectivity index (χ1) is 17.6. The van der Waals surface area contributed by atoms with Gasteiger partial charge in [0.05, 0.1) is 6.33 Å². The molecule has 0 fully saturated rings. The third-order valence-electron chi connectivity index (χ3n) is 7.11. The van der Waals surface area contributed by atoms with Crippen LogP contribution in [0.1, 0.15) is 75.2 Å². The molecule has 1 amide bonds. The van der Waals surface area contributed by atoms with E-state index < -0.39 is 0 Å². The Morgan fingerprint density at radius 3 is 2.33 bits per heavy atom. The number of benzene rings is 2. The van der Waals surface area contributed by atoms with Gasteiger partial charge < -0.3 is 14.4 Å². The van der Waals surface area contributed by atoms with Gasteiger partial charge in [0.1, 0.15) is 0 Å². The molecule has 1 atom stereocenters. The number of carbonyl (C=O) groups excluding carboxylic acids is 1. The number of rotatable bonds is 16. The maximum atomic E-state index is 13.6. The van der Waals surface area contributed by atoms with E-state index in [0.29, 0.717) is 6.04 Å². The predicted molar refractivity (Wildman–Crippen MR) is 150 cm³/mol. The van der Waals surface area contributed by atoms with E-state index >= 15 is 0 Å². The van der Waals surface area contributed by atoms with Crippen LogP contribution in [0.2, 0.25) is 0 Å². The molecule has 0 aliphatic heterocycles. The van der Waals surface area contributed by atoms with Gasteiger partial charge in [-0.15, -0.1) is 0 Å². The van der Waals surface area contributed by atoms with Crippen molar-refractivity contribution in [2.75, 3.05) is 26.2 Å². The Kier molecular flexibility index (Phi) is 11.7. The number of unbranched alkanes of at least 4 members (excludes halogenated alkanes) is 4. The van der Waals surface area contributed by atoms with E-state index in [9.17, 15) is 4.79 Å². The summed E-state index contributed by atoms with van der Waals surface area (Å²) in [5.41, 5.74) is 3.01. The van der Waals surface area contributed by atoms with Crippen LogP contribution >= 0.6 is 0 Å². The number of nitrogens with zero attached hydrogens (tertiary/aromatic N) is 4. The molecule has 0 saturated heterocycles. The van der Waals surface area contributed by atoms with Gasteiger partial charge in [-0.05, 0) is 69.1 Å². The lowest BCUT2D eigenvalue weighted by atomic mass is 10.1. The van der Waals surface area contributed by atoms with E-state index in [-0.39, 0.29) is 5.91 Å². The van der Waals surface area contributed by atoms with Crippen LogP contribution < -0.4 is 0 Å². The smallest absolute Gasteiger partial charge is 0.253 e. The molecule has 1 heterocycles. The normalized spacial score (nSPS) is 12.1. The van der Waals surface area contributed by atoms with Crippen LogP contribution in [0, 0.1) is 0 Å². The Hall–Kier alpha value is -2.92. The second-order valence-corrected chi connectivity index (χ2v) is 9.73. The van der Waals surface area contributed by atoms with Crippen LogP contribution in [-0.2, 0) is 6.42 Å². The van der Waals surface area contributed by atoms with Crippen LogP contribution in [0.25, 0.3) is 5.69 Å². The minimum absolute atomic E-state index is 0.109. The zero-order chi connectivity index (χ0) is 25.6. The van der Waals surface area contributed by atoms with Gasteiger partial charge in [0.15, 0.2) is 0 Å². The fourth-order valence-corrected chi connectivity index (χ4v) is 4.73. The van der Waals surface area contributed by atoms with Crippen LogP contribution in [0.5, 0.6) is 0 Å². The molecule has 3 rings (SSSR count). The van der Waals surface area contributed by atoms with E-state index in [0.717, 1.165) is 50.3 Å². The van der Waals surface area contributed by atoms with Crippen molar-refractivity contribution in [3.05, 3.63) is 84.4 Å². The van der Waals surface area contributed by atoms with Crippen molar-refractivity contribution in [3.63, 3.8) is 0 Å². The molecule has 0 spiro atoms. The lowest BCUT2D eigenvalue weighted by Gasteiger charge is -2.31. The molecule has 0 radical (unpaired) electrons. The molecule has 0 N–H and O–H groups in total. The highest BCUT2D eigenvalue weighted by molar-refractivity contribution is 5.94. The monoisotopic (exact) mass is 488 g/mol. The van der Waals surface area contributed by atoms with E-state index in [4.69, 9.17) is 0 Å². The maximum Gasteiger partial charge on any atom is 0.253 e.